The van der Waals surface area contributed by atoms with E-state index in [9.17, 15) is 9.59 Å². The Morgan fingerprint density at radius 2 is 1.82 bits per heavy atom. The number of hydrogen-bond donors (Lipinski definition) is 2. The quantitative estimate of drug-likeness (QED) is 0.478. The minimum absolute atomic E-state index is 0.111. The average Bonchev–Trinajstić information content (AvgIpc) is 2.95. The van der Waals surface area contributed by atoms with Crippen molar-refractivity contribution in [1.82, 2.24) is 4.57 Å². The second-order valence-electron chi connectivity index (χ2n) is 7.47. The molecule has 0 fully saturated rings. The molecule has 28 heavy (non-hydrogen) atoms. The van der Waals surface area contributed by atoms with Crippen molar-refractivity contribution in [2.24, 2.45) is 11.7 Å². The van der Waals surface area contributed by atoms with E-state index in [1.165, 1.54) is 0 Å². The molecule has 0 saturated heterocycles. The van der Waals surface area contributed by atoms with Crippen LogP contribution >= 0.6 is 0 Å². The molecule has 3 aromatic rings. The highest BCUT2D eigenvalue weighted by atomic mass is 16.1. The monoisotopic (exact) mass is 377 g/mol. The summed E-state index contributed by atoms with van der Waals surface area (Å²) < 4.78 is 2.12. The first-order valence-electron chi connectivity index (χ1n) is 9.67. The molecule has 146 valence electrons. The van der Waals surface area contributed by atoms with Gasteiger partial charge in [-0.3, -0.25) is 9.59 Å². The molecular formula is C23H27N3O2. The van der Waals surface area contributed by atoms with Crippen LogP contribution in [0.15, 0.2) is 42.5 Å². The first-order valence-corrected chi connectivity index (χ1v) is 9.67. The summed E-state index contributed by atoms with van der Waals surface area (Å²) in [6, 6.07) is 13.0. The Kier molecular flexibility index (Phi) is 5.54. The van der Waals surface area contributed by atoms with E-state index in [1.807, 2.05) is 44.2 Å². The molecule has 5 nitrogen and oxygen atoms in total. The van der Waals surface area contributed by atoms with Crippen molar-refractivity contribution in [3.05, 3.63) is 64.8 Å². The van der Waals surface area contributed by atoms with Gasteiger partial charge in [-0.2, -0.15) is 0 Å². The van der Waals surface area contributed by atoms with Crippen LogP contribution in [-0.4, -0.2) is 16.3 Å². The number of anilines is 1. The fourth-order valence-electron chi connectivity index (χ4n) is 3.64. The number of nitrogens with two attached hydrogens (primary N) is 2. The van der Waals surface area contributed by atoms with Gasteiger partial charge in [0.25, 0.3) is 0 Å². The van der Waals surface area contributed by atoms with Gasteiger partial charge in [0.05, 0.1) is 5.52 Å². The molecule has 0 aliphatic rings. The highest BCUT2D eigenvalue weighted by molar-refractivity contribution is 6.11. The minimum Gasteiger partial charge on any atom is -0.398 e. The summed E-state index contributed by atoms with van der Waals surface area (Å²) in [4.78, 5) is 24.8. The van der Waals surface area contributed by atoms with Crippen LogP contribution < -0.4 is 11.5 Å². The highest BCUT2D eigenvalue weighted by Crippen LogP contribution is 2.32. The number of aromatic nitrogens is 1. The Morgan fingerprint density at radius 1 is 1.11 bits per heavy atom. The van der Waals surface area contributed by atoms with Crippen molar-refractivity contribution >= 4 is 28.3 Å². The van der Waals surface area contributed by atoms with E-state index >= 15 is 0 Å². The Labute approximate surface area is 165 Å². The maximum Gasteiger partial charge on any atom is 0.248 e. The first kappa shape index (κ1) is 19.7. The average molecular weight is 377 g/mol. The number of ketones is 1. The maximum atomic E-state index is 13.1. The van der Waals surface area contributed by atoms with Gasteiger partial charge in [-0.15, -0.1) is 0 Å². The normalized spacial score (nSPS) is 11.3. The summed E-state index contributed by atoms with van der Waals surface area (Å²) in [5.74, 6) is -0.491. The molecule has 0 aliphatic heterocycles. The van der Waals surface area contributed by atoms with Gasteiger partial charge in [0.2, 0.25) is 5.91 Å². The number of primary amides is 1. The Balaban J connectivity index is 2.33. The van der Waals surface area contributed by atoms with Gasteiger partial charge in [0.15, 0.2) is 5.78 Å². The standard InChI is InChI=1S/C23H27N3O2/c1-4-7-19-21(22(27)14(2)3)17-11-10-15(23(25)28)12-20(17)26(19)13-16-8-5-6-9-18(16)24/h5-6,8-12,14H,4,7,13,24H2,1-3H3,(H2,25,28). The van der Waals surface area contributed by atoms with Crippen molar-refractivity contribution in [3.63, 3.8) is 0 Å². The van der Waals surface area contributed by atoms with Crippen molar-refractivity contribution in [3.8, 4) is 0 Å². The Bertz CT molecular complexity index is 1050. The zero-order valence-electron chi connectivity index (χ0n) is 16.7. The van der Waals surface area contributed by atoms with Crippen molar-refractivity contribution in [1.29, 1.82) is 0 Å². The number of Topliss-reactive ketones (excluding diaryl/α,β-unsaturated/α-hetero) is 1. The van der Waals surface area contributed by atoms with E-state index in [-0.39, 0.29) is 11.7 Å². The number of amides is 1. The highest BCUT2D eigenvalue weighted by Gasteiger charge is 2.24. The van der Waals surface area contributed by atoms with Crippen LogP contribution in [0.5, 0.6) is 0 Å². The maximum absolute atomic E-state index is 13.1. The predicted octanol–water partition coefficient (Wildman–Crippen LogP) is 4.16. The summed E-state index contributed by atoms with van der Waals surface area (Å²) in [6.45, 7) is 6.45. The molecule has 3 rings (SSSR count). The van der Waals surface area contributed by atoms with E-state index < -0.39 is 5.91 Å². The van der Waals surface area contributed by atoms with E-state index in [0.29, 0.717) is 17.8 Å². The van der Waals surface area contributed by atoms with Gasteiger partial charge >= 0.3 is 0 Å². The molecule has 0 unspecified atom stereocenters. The van der Waals surface area contributed by atoms with E-state index in [4.69, 9.17) is 11.5 Å². The van der Waals surface area contributed by atoms with E-state index in [1.54, 1.807) is 12.1 Å². The largest absolute Gasteiger partial charge is 0.398 e. The topological polar surface area (TPSA) is 91.1 Å². The van der Waals surface area contributed by atoms with Crippen LogP contribution in [0.4, 0.5) is 5.69 Å². The molecule has 1 aromatic heterocycles. The van der Waals surface area contributed by atoms with Crippen LogP contribution in [0.1, 0.15) is 59.2 Å². The molecular weight excluding hydrogens is 350 g/mol. The molecule has 1 amide bonds. The lowest BCUT2D eigenvalue weighted by Gasteiger charge is -2.14. The third-order valence-corrected chi connectivity index (χ3v) is 5.10. The molecule has 0 aliphatic carbocycles. The van der Waals surface area contributed by atoms with Crippen LogP contribution in [0, 0.1) is 5.92 Å². The lowest BCUT2D eigenvalue weighted by Crippen LogP contribution is -2.13. The van der Waals surface area contributed by atoms with Crippen molar-refractivity contribution in [2.45, 2.75) is 40.2 Å². The summed E-state index contributed by atoms with van der Waals surface area (Å²) in [5, 5.41) is 0.863. The number of hydrogen-bond acceptors (Lipinski definition) is 3. The van der Waals surface area contributed by atoms with Gasteiger partial charge in [-0.25, -0.2) is 0 Å². The molecule has 0 saturated carbocycles. The lowest BCUT2D eigenvalue weighted by molar-refractivity contribution is 0.0939. The Hall–Kier alpha value is -3.08. The van der Waals surface area contributed by atoms with Crippen LogP contribution in [0.25, 0.3) is 10.9 Å². The first-order chi connectivity index (χ1) is 13.3. The summed E-state index contributed by atoms with van der Waals surface area (Å²) in [6.07, 6.45) is 1.67. The smallest absolute Gasteiger partial charge is 0.248 e. The number of nitrogen functional groups attached to an aromatic ring is 1. The SMILES string of the molecule is CCCc1c(C(=O)C(C)C)c2ccc(C(N)=O)cc2n1Cc1ccccc1N. The van der Waals surface area contributed by atoms with Crippen molar-refractivity contribution < 1.29 is 9.59 Å². The zero-order valence-corrected chi connectivity index (χ0v) is 16.7. The molecule has 5 heteroatoms. The van der Waals surface area contributed by atoms with Crippen molar-refractivity contribution in [2.75, 3.05) is 5.73 Å². The summed E-state index contributed by atoms with van der Waals surface area (Å²) in [7, 11) is 0. The second kappa shape index (κ2) is 7.89. The number of para-hydroxylation sites is 1. The number of carbonyl (C=O) groups excluding carboxylic acids is 2. The van der Waals surface area contributed by atoms with Crippen LogP contribution in [-0.2, 0) is 13.0 Å². The van der Waals surface area contributed by atoms with Gasteiger partial charge < -0.3 is 16.0 Å². The minimum atomic E-state index is -0.484. The molecule has 1 heterocycles. The summed E-state index contributed by atoms with van der Waals surface area (Å²) >= 11 is 0. The van der Waals surface area contributed by atoms with Gasteiger partial charge in [0, 0.05) is 40.4 Å². The number of nitrogens with zero attached hydrogens (tertiary/aromatic N) is 1. The van der Waals surface area contributed by atoms with Crippen LogP contribution in [0.2, 0.25) is 0 Å². The molecule has 2 aromatic carbocycles. The number of fused-ring (bicyclic) bond motifs is 1. The van der Waals surface area contributed by atoms with Gasteiger partial charge in [0.1, 0.15) is 0 Å². The fourth-order valence-corrected chi connectivity index (χ4v) is 3.64. The third-order valence-electron chi connectivity index (χ3n) is 5.10. The fraction of sp³-hybridized carbons (Fsp3) is 0.304. The van der Waals surface area contributed by atoms with E-state index in [2.05, 4.69) is 11.5 Å². The molecule has 0 radical (unpaired) electrons. The lowest BCUT2D eigenvalue weighted by atomic mass is 9.96. The second-order valence-corrected chi connectivity index (χ2v) is 7.47. The Morgan fingerprint density at radius 3 is 2.43 bits per heavy atom. The number of rotatable bonds is 7. The van der Waals surface area contributed by atoms with Gasteiger partial charge in [-0.05, 0) is 30.2 Å². The molecule has 0 atom stereocenters. The third kappa shape index (κ3) is 3.52. The number of benzene rings is 2. The van der Waals surface area contributed by atoms with Gasteiger partial charge in [-0.1, -0.05) is 51.5 Å². The predicted molar refractivity (Wildman–Crippen MR) is 114 cm³/mol. The summed E-state index contributed by atoms with van der Waals surface area (Å²) in [5.41, 5.74) is 16.4. The molecule has 4 N–H and O–H groups in total. The zero-order chi connectivity index (χ0) is 20.4. The molecule has 0 spiro atoms. The van der Waals surface area contributed by atoms with E-state index in [0.717, 1.165) is 40.6 Å². The number of carbonyl (C=O) groups is 2. The molecule has 0 bridgehead atoms. The van der Waals surface area contributed by atoms with Crippen LogP contribution in [0.3, 0.4) is 0 Å².